The first-order valence-electron chi connectivity index (χ1n) is 7.80. The van der Waals surface area contributed by atoms with Crippen molar-refractivity contribution in [1.29, 1.82) is 0 Å². The molecule has 7 heteroatoms. The van der Waals surface area contributed by atoms with Gasteiger partial charge in [-0.1, -0.05) is 30.0 Å². The molecule has 0 saturated carbocycles. The van der Waals surface area contributed by atoms with Crippen LogP contribution >= 0.6 is 11.8 Å². The van der Waals surface area contributed by atoms with E-state index in [-0.39, 0.29) is 0 Å². The van der Waals surface area contributed by atoms with Crippen LogP contribution in [0.3, 0.4) is 0 Å². The van der Waals surface area contributed by atoms with Crippen LogP contribution in [0.5, 0.6) is 11.5 Å². The minimum atomic E-state index is 0.530. The number of furan rings is 1. The number of aromatic nitrogens is 3. The number of methoxy groups -OCH3 is 1. The zero-order valence-corrected chi connectivity index (χ0v) is 14.7. The Bertz CT molecular complexity index is 815. The predicted octanol–water partition coefficient (Wildman–Crippen LogP) is 3.90. The van der Waals surface area contributed by atoms with E-state index in [4.69, 9.17) is 13.9 Å². The van der Waals surface area contributed by atoms with Crippen LogP contribution in [0, 0.1) is 0 Å². The molecule has 1 aromatic carbocycles. The molecule has 2 heterocycles. The van der Waals surface area contributed by atoms with Crippen molar-refractivity contribution in [3.8, 4) is 23.1 Å². The maximum Gasteiger partial charge on any atom is 0.200 e. The van der Waals surface area contributed by atoms with Gasteiger partial charge in [-0.15, -0.1) is 16.8 Å². The van der Waals surface area contributed by atoms with Gasteiger partial charge >= 0.3 is 0 Å². The molecule has 0 saturated heterocycles. The third-order valence-corrected chi connectivity index (χ3v) is 4.34. The van der Waals surface area contributed by atoms with E-state index >= 15 is 0 Å². The van der Waals surface area contributed by atoms with Gasteiger partial charge in [0.2, 0.25) is 5.82 Å². The summed E-state index contributed by atoms with van der Waals surface area (Å²) >= 11 is 1.57. The van der Waals surface area contributed by atoms with Crippen molar-refractivity contribution < 1.29 is 13.9 Å². The van der Waals surface area contributed by atoms with E-state index < -0.39 is 0 Å². The number of para-hydroxylation sites is 2. The molecule has 25 heavy (non-hydrogen) atoms. The summed E-state index contributed by atoms with van der Waals surface area (Å²) in [4.78, 5) is 0. The highest BCUT2D eigenvalue weighted by Gasteiger charge is 2.15. The van der Waals surface area contributed by atoms with E-state index in [0.717, 1.165) is 22.4 Å². The summed E-state index contributed by atoms with van der Waals surface area (Å²) in [6, 6.07) is 11.3. The molecule has 6 nitrogen and oxygen atoms in total. The lowest BCUT2D eigenvalue weighted by atomic mass is 10.3. The summed E-state index contributed by atoms with van der Waals surface area (Å²) < 4.78 is 18.5. The van der Waals surface area contributed by atoms with E-state index in [9.17, 15) is 0 Å². The van der Waals surface area contributed by atoms with Gasteiger partial charge in [0, 0.05) is 12.3 Å². The number of allylic oxidation sites excluding steroid dienone is 1. The Balaban J connectivity index is 1.62. The molecule has 0 aliphatic rings. The topological polar surface area (TPSA) is 62.3 Å². The minimum absolute atomic E-state index is 0.530. The summed E-state index contributed by atoms with van der Waals surface area (Å²) in [5, 5.41) is 9.29. The Morgan fingerprint density at radius 1 is 1.20 bits per heavy atom. The summed E-state index contributed by atoms with van der Waals surface area (Å²) in [7, 11) is 1.63. The fraction of sp³-hybridized carbons (Fsp3) is 0.222. The van der Waals surface area contributed by atoms with E-state index in [1.807, 2.05) is 47.0 Å². The highest BCUT2D eigenvalue weighted by molar-refractivity contribution is 7.99. The molecule has 3 aromatic rings. The second kappa shape index (κ2) is 8.43. The van der Waals surface area contributed by atoms with Gasteiger partial charge in [-0.05, 0) is 24.3 Å². The number of hydrogen-bond donors (Lipinski definition) is 0. The number of benzene rings is 1. The molecule has 0 aliphatic heterocycles. The molecule has 0 amide bonds. The quantitative estimate of drug-likeness (QED) is 0.329. The monoisotopic (exact) mass is 357 g/mol. The van der Waals surface area contributed by atoms with Gasteiger partial charge in [-0.3, -0.25) is 4.57 Å². The molecule has 0 unspecified atom stereocenters. The summed E-state index contributed by atoms with van der Waals surface area (Å²) in [6.07, 6.45) is 3.43. The lowest BCUT2D eigenvalue weighted by Gasteiger charge is -2.10. The second-order valence-electron chi connectivity index (χ2n) is 5.03. The maximum absolute atomic E-state index is 5.79. The Labute approximate surface area is 150 Å². The number of ether oxygens (including phenoxy) is 2. The van der Waals surface area contributed by atoms with E-state index in [1.165, 1.54) is 0 Å². The molecular weight excluding hydrogens is 338 g/mol. The standard InChI is InChI=1S/C18H19N3O3S/c1-3-10-21-17(16-9-6-11-23-16)19-20-18(21)25-13-12-24-15-8-5-4-7-14(15)22-2/h3-9,11H,1,10,12-13H2,2H3. The van der Waals surface area contributed by atoms with Crippen LogP contribution in [-0.2, 0) is 6.54 Å². The first-order chi connectivity index (χ1) is 12.3. The van der Waals surface area contributed by atoms with Gasteiger partial charge in [0.1, 0.15) is 0 Å². The van der Waals surface area contributed by atoms with Gasteiger partial charge in [0.25, 0.3) is 0 Å². The van der Waals surface area contributed by atoms with Crippen molar-refractivity contribution in [2.24, 2.45) is 0 Å². The second-order valence-corrected chi connectivity index (χ2v) is 6.09. The third kappa shape index (κ3) is 4.06. The van der Waals surface area contributed by atoms with E-state index in [0.29, 0.717) is 24.7 Å². The van der Waals surface area contributed by atoms with Crippen LogP contribution in [0.15, 0.2) is 64.9 Å². The number of thioether (sulfide) groups is 1. The number of rotatable bonds is 9. The van der Waals surface area contributed by atoms with Crippen molar-refractivity contribution >= 4 is 11.8 Å². The van der Waals surface area contributed by atoms with Gasteiger partial charge in [-0.2, -0.15) is 0 Å². The number of nitrogens with zero attached hydrogens (tertiary/aromatic N) is 3. The highest BCUT2D eigenvalue weighted by Crippen LogP contribution is 2.27. The molecule has 0 bridgehead atoms. The Hall–Kier alpha value is -2.67. The van der Waals surface area contributed by atoms with Crippen LogP contribution in [0.2, 0.25) is 0 Å². The average molecular weight is 357 g/mol. The summed E-state index contributed by atoms with van der Waals surface area (Å²) in [6.45, 7) is 4.94. The predicted molar refractivity (Wildman–Crippen MR) is 97.1 cm³/mol. The molecule has 0 spiro atoms. The first-order valence-corrected chi connectivity index (χ1v) is 8.78. The first kappa shape index (κ1) is 17.2. The molecule has 0 N–H and O–H groups in total. The molecule has 0 fully saturated rings. The van der Waals surface area contributed by atoms with Gasteiger partial charge in [-0.25, -0.2) is 0 Å². The largest absolute Gasteiger partial charge is 0.493 e. The van der Waals surface area contributed by atoms with Gasteiger partial charge < -0.3 is 13.9 Å². The Kier molecular flexibility index (Phi) is 5.79. The van der Waals surface area contributed by atoms with Crippen LogP contribution in [0.4, 0.5) is 0 Å². The smallest absolute Gasteiger partial charge is 0.200 e. The van der Waals surface area contributed by atoms with Gasteiger partial charge in [0.05, 0.1) is 20.0 Å². The van der Waals surface area contributed by atoms with Crippen LogP contribution in [0.25, 0.3) is 11.6 Å². The zero-order chi connectivity index (χ0) is 17.5. The Morgan fingerprint density at radius 2 is 2.04 bits per heavy atom. The minimum Gasteiger partial charge on any atom is -0.493 e. The molecule has 0 radical (unpaired) electrons. The fourth-order valence-electron chi connectivity index (χ4n) is 2.30. The number of hydrogen-bond acceptors (Lipinski definition) is 6. The van der Waals surface area contributed by atoms with Crippen molar-refractivity contribution in [3.05, 3.63) is 55.3 Å². The molecule has 0 atom stereocenters. The van der Waals surface area contributed by atoms with E-state index in [1.54, 1.807) is 25.1 Å². The molecule has 130 valence electrons. The fourth-order valence-corrected chi connectivity index (χ4v) is 3.06. The average Bonchev–Trinajstić information content (AvgIpc) is 3.29. The van der Waals surface area contributed by atoms with Crippen molar-refractivity contribution in [3.63, 3.8) is 0 Å². The van der Waals surface area contributed by atoms with Crippen molar-refractivity contribution in [1.82, 2.24) is 14.8 Å². The maximum atomic E-state index is 5.79. The van der Waals surface area contributed by atoms with Crippen molar-refractivity contribution in [2.75, 3.05) is 19.5 Å². The van der Waals surface area contributed by atoms with Gasteiger partial charge in [0.15, 0.2) is 22.4 Å². The molecule has 0 aliphatic carbocycles. The summed E-state index contributed by atoms with van der Waals surface area (Å²) in [5.41, 5.74) is 0. The van der Waals surface area contributed by atoms with E-state index in [2.05, 4.69) is 16.8 Å². The zero-order valence-electron chi connectivity index (χ0n) is 13.9. The molecular formula is C18H19N3O3S. The highest BCUT2D eigenvalue weighted by atomic mass is 32.2. The van der Waals surface area contributed by atoms with Crippen molar-refractivity contribution in [2.45, 2.75) is 11.7 Å². The molecule has 3 rings (SSSR count). The normalized spacial score (nSPS) is 10.6. The Morgan fingerprint density at radius 3 is 2.76 bits per heavy atom. The third-order valence-electron chi connectivity index (χ3n) is 3.41. The lowest BCUT2D eigenvalue weighted by molar-refractivity contribution is 0.313. The molecule has 2 aromatic heterocycles. The van der Waals surface area contributed by atoms with Crippen LogP contribution in [-0.4, -0.2) is 34.2 Å². The SMILES string of the molecule is C=CCn1c(SCCOc2ccccc2OC)nnc1-c1ccco1. The lowest BCUT2D eigenvalue weighted by Crippen LogP contribution is -2.04. The van der Waals surface area contributed by atoms with Crippen LogP contribution in [0.1, 0.15) is 0 Å². The summed E-state index contributed by atoms with van der Waals surface area (Å²) in [5.74, 6) is 3.56. The van der Waals surface area contributed by atoms with Crippen LogP contribution < -0.4 is 9.47 Å².